The predicted molar refractivity (Wildman–Crippen MR) is 32.5 cm³/mol. The normalized spacial score (nSPS) is 10.0. The van der Waals surface area contributed by atoms with E-state index in [-0.39, 0.29) is 5.95 Å². The summed E-state index contributed by atoms with van der Waals surface area (Å²) in [5.74, 6) is -0.253. The van der Waals surface area contributed by atoms with Crippen molar-refractivity contribution in [3.63, 3.8) is 0 Å². The van der Waals surface area contributed by atoms with E-state index < -0.39 is 0 Å². The third-order valence-electron chi connectivity index (χ3n) is 1.10. The zero-order chi connectivity index (χ0) is 6.69. The van der Waals surface area contributed by atoms with Gasteiger partial charge in [0.1, 0.15) is 0 Å². The van der Waals surface area contributed by atoms with E-state index in [1.165, 1.54) is 16.9 Å². The average molecular weight is 128 g/mol. The highest BCUT2D eigenvalue weighted by molar-refractivity contribution is 4.82. The van der Waals surface area contributed by atoms with Crippen molar-refractivity contribution in [3.8, 4) is 0 Å². The van der Waals surface area contributed by atoms with Gasteiger partial charge in [-0.1, -0.05) is 6.92 Å². The summed E-state index contributed by atoms with van der Waals surface area (Å²) in [6.07, 6.45) is 2.38. The topological polar surface area (TPSA) is 17.8 Å². The van der Waals surface area contributed by atoms with Crippen LogP contribution in [0.15, 0.2) is 12.3 Å². The van der Waals surface area contributed by atoms with Crippen LogP contribution in [0.2, 0.25) is 0 Å². The van der Waals surface area contributed by atoms with Crippen molar-refractivity contribution < 1.29 is 4.39 Å². The van der Waals surface area contributed by atoms with Gasteiger partial charge in [-0.3, -0.25) is 0 Å². The summed E-state index contributed by atoms with van der Waals surface area (Å²) in [5, 5.41) is 3.75. The van der Waals surface area contributed by atoms with E-state index in [2.05, 4.69) is 5.10 Å². The summed E-state index contributed by atoms with van der Waals surface area (Å²) in [5.41, 5.74) is 0. The molecule has 0 aliphatic heterocycles. The van der Waals surface area contributed by atoms with Crippen molar-refractivity contribution in [2.24, 2.45) is 0 Å². The first kappa shape index (κ1) is 6.26. The standard InChI is InChI=1S/C6H9FN2/c1-2-5-9-6(7)3-4-8-9/h3-4H,2,5H2,1H3. The van der Waals surface area contributed by atoms with Crippen LogP contribution in [0.25, 0.3) is 0 Å². The van der Waals surface area contributed by atoms with Crippen LogP contribution >= 0.6 is 0 Å². The highest BCUT2D eigenvalue weighted by Crippen LogP contribution is 1.95. The van der Waals surface area contributed by atoms with E-state index in [1.54, 1.807) is 0 Å². The minimum atomic E-state index is -0.253. The van der Waals surface area contributed by atoms with Crippen LogP contribution in [0, 0.1) is 5.95 Å². The number of nitrogens with zero attached hydrogens (tertiary/aromatic N) is 2. The number of aromatic nitrogens is 2. The second-order valence-corrected chi connectivity index (χ2v) is 1.88. The molecule has 0 saturated heterocycles. The molecule has 1 aromatic rings. The van der Waals surface area contributed by atoms with Crippen molar-refractivity contribution in [1.82, 2.24) is 9.78 Å². The average Bonchev–Trinajstić information content (AvgIpc) is 2.18. The Morgan fingerprint density at radius 1 is 1.78 bits per heavy atom. The number of aryl methyl sites for hydroxylation is 1. The lowest BCUT2D eigenvalue weighted by Crippen LogP contribution is -2.00. The summed E-state index contributed by atoms with van der Waals surface area (Å²) in [4.78, 5) is 0. The third kappa shape index (κ3) is 1.28. The van der Waals surface area contributed by atoms with Gasteiger partial charge in [-0.15, -0.1) is 0 Å². The number of hydrogen-bond acceptors (Lipinski definition) is 1. The number of rotatable bonds is 2. The molecule has 1 rings (SSSR count). The molecular formula is C6H9FN2. The minimum absolute atomic E-state index is 0.253. The lowest BCUT2D eigenvalue weighted by atomic mass is 10.5. The van der Waals surface area contributed by atoms with Gasteiger partial charge >= 0.3 is 0 Å². The summed E-state index contributed by atoms with van der Waals surface area (Å²) in [6.45, 7) is 2.65. The zero-order valence-corrected chi connectivity index (χ0v) is 5.34. The Morgan fingerprint density at radius 3 is 3.00 bits per heavy atom. The van der Waals surface area contributed by atoms with Crippen LogP contribution in [-0.2, 0) is 6.54 Å². The maximum atomic E-state index is 12.4. The first-order valence-electron chi connectivity index (χ1n) is 3.02. The third-order valence-corrected chi connectivity index (χ3v) is 1.10. The predicted octanol–water partition coefficient (Wildman–Crippen LogP) is 1.43. The molecule has 0 unspecified atom stereocenters. The highest BCUT2D eigenvalue weighted by atomic mass is 19.1. The van der Waals surface area contributed by atoms with E-state index >= 15 is 0 Å². The van der Waals surface area contributed by atoms with Crippen LogP contribution < -0.4 is 0 Å². The van der Waals surface area contributed by atoms with Crippen molar-refractivity contribution in [1.29, 1.82) is 0 Å². The SMILES string of the molecule is CCCn1nccc1F. The summed E-state index contributed by atoms with van der Waals surface area (Å²) < 4.78 is 13.8. The van der Waals surface area contributed by atoms with Crippen LogP contribution in [0.4, 0.5) is 4.39 Å². The Balaban J connectivity index is 2.69. The Bertz CT molecular complexity index is 183. The first-order chi connectivity index (χ1) is 4.34. The van der Waals surface area contributed by atoms with Crippen molar-refractivity contribution in [2.45, 2.75) is 19.9 Å². The van der Waals surface area contributed by atoms with Crippen LogP contribution in [0.5, 0.6) is 0 Å². The van der Waals surface area contributed by atoms with Gasteiger partial charge < -0.3 is 0 Å². The van der Waals surface area contributed by atoms with Crippen LogP contribution in [0.1, 0.15) is 13.3 Å². The summed E-state index contributed by atoms with van der Waals surface area (Å²) in [6, 6.07) is 1.36. The maximum absolute atomic E-state index is 12.4. The van der Waals surface area contributed by atoms with Crippen LogP contribution in [-0.4, -0.2) is 9.78 Å². The molecule has 0 aliphatic rings. The van der Waals surface area contributed by atoms with E-state index in [0.29, 0.717) is 6.54 Å². The molecule has 0 bridgehead atoms. The molecule has 3 heteroatoms. The van der Waals surface area contributed by atoms with Crippen LogP contribution in [0.3, 0.4) is 0 Å². The molecule has 0 radical (unpaired) electrons. The molecule has 0 aromatic carbocycles. The molecule has 1 aromatic heterocycles. The Hall–Kier alpha value is -0.860. The molecule has 9 heavy (non-hydrogen) atoms. The van der Waals surface area contributed by atoms with Crippen molar-refractivity contribution in [2.75, 3.05) is 0 Å². The molecule has 0 atom stereocenters. The first-order valence-corrected chi connectivity index (χ1v) is 3.02. The molecule has 0 spiro atoms. The molecule has 2 nitrogen and oxygen atoms in total. The second kappa shape index (κ2) is 2.62. The second-order valence-electron chi connectivity index (χ2n) is 1.88. The Labute approximate surface area is 53.3 Å². The molecule has 0 fully saturated rings. The van der Waals surface area contributed by atoms with Gasteiger partial charge in [-0.05, 0) is 6.42 Å². The Kier molecular flexibility index (Phi) is 1.82. The van der Waals surface area contributed by atoms with Gasteiger partial charge in [0.15, 0.2) is 0 Å². The van der Waals surface area contributed by atoms with Crippen molar-refractivity contribution in [3.05, 3.63) is 18.2 Å². The fraction of sp³-hybridized carbons (Fsp3) is 0.500. The quantitative estimate of drug-likeness (QED) is 0.589. The summed E-state index contributed by atoms with van der Waals surface area (Å²) >= 11 is 0. The van der Waals surface area contributed by atoms with E-state index in [9.17, 15) is 4.39 Å². The molecule has 1 heterocycles. The maximum Gasteiger partial charge on any atom is 0.211 e. The molecule has 0 N–H and O–H groups in total. The monoisotopic (exact) mass is 128 g/mol. The van der Waals surface area contributed by atoms with E-state index in [0.717, 1.165) is 6.42 Å². The lowest BCUT2D eigenvalue weighted by molar-refractivity contribution is 0.453. The lowest BCUT2D eigenvalue weighted by Gasteiger charge is -1.95. The van der Waals surface area contributed by atoms with Gasteiger partial charge in [0.05, 0.1) is 6.20 Å². The fourth-order valence-electron chi connectivity index (χ4n) is 0.693. The number of hydrogen-bond donors (Lipinski definition) is 0. The zero-order valence-electron chi connectivity index (χ0n) is 5.34. The smallest absolute Gasteiger partial charge is 0.211 e. The van der Waals surface area contributed by atoms with Gasteiger partial charge in [0.25, 0.3) is 0 Å². The highest BCUT2D eigenvalue weighted by Gasteiger charge is 1.95. The van der Waals surface area contributed by atoms with Gasteiger partial charge in [0, 0.05) is 12.6 Å². The van der Waals surface area contributed by atoms with Crippen molar-refractivity contribution >= 4 is 0 Å². The van der Waals surface area contributed by atoms with Gasteiger partial charge in [0.2, 0.25) is 5.95 Å². The molecule has 50 valence electrons. The fourth-order valence-corrected chi connectivity index (χ4v) is 0.693. The number of halogens is 1. The molecule has 0 saturated carbocycles. The van der Waals surface area contributed by atoms with Gasteiger partial charge in [-0.25, -0.2) is 4.68 Å². The largest absolute Gasteiger partial charge is 0.240 e. The minimum Gasteiger partial charge on any atom is -0.240 e. The van der Waals surface area contributed by atoms with E-state index in [1.807, 2.05) is 6.92 Å². The summed E-state index contributed by atoms with van der Waals surface area (Å²) in [7, 11) is 0. The Morgan fingerprint density at radius 2 is 2.56 bits per heavy atom. The molecule has 0 amide bonds. The molecular weight excluding hydrogens is 119 g/mol. The van der Waals surface area contributed by atoms with E-state index in [4.69, 9.17) is 0 Å². The van der Waals surface area contributed by atoms with Gasteiger partial charge in [-0.2, -0.15) is 9.49 Å². The molecule has 0 aliphatic carbocycles.